The standard InChI is InChI=1S/C18H15N3O3S2/c22-16(4-3-13-2-1-9-25-13)21-7-5-14-15(10-21)26-18(19-14)20-17(23)12-6-8-24-11-12/h1-4,6,8-9,11H,5,7,10H2,(H,19,20,23). The van der Waals surface area contributed by atoms with Gasteiger partial charge in [-0.05, 0) is 23.6 Å². The number of amides is 2. The van der Waals surface area contributed by atoms with Crippen molar-refractivity contribution in [1.29, 1.82) is 0 Å². The molecule has 0 saturated carbocycles. The number of thiazole rings is 1. The predicted molar refractivity (Wildman–Crippen MR) is 101 cm³/mol. The number of fused-ring (bicyclic) bond motifs is 1. The van der Waals surface area contributed by atoms with Gasteiger partial charge in [-0.25, -0.2) is 4.98 Å². The quantitative estimate of drug-likeness (QED) is 0.696. The highest BCUT2D eigenvalue weighted by Gasteiger charge is 2.23. The van der Waals surface area contributed by atoms with Gasteiger partial charge in [-0.3, -0.25) is 14.9 Å². The Bertz CT molecular complexity index is 943. The number of carbonyl (C=O) groups is 2. The normalized spacial score (nSPS) is 13.8. The van der Waals surface area contributed by atoms with Crippen LogP contribution >= 0.6 is 22.7 Å². The first-order valence-electron chi connectivity index (χ1n) is 8.01. The second-order valence-electron chi connectivity index (χ2n) is 5.71. The Balaban J connectivity index is 1.41. The molecule has 0 saturated heterocycles. The molecule has 2 amide bonds. The van der Waals surface area contributed by atoms with E-state index in [-0.39, 0.29) is 11.8 Å². The number of anilines is 1. The Labute approximate surface area is 157 Å². The fourth-order valence-electron chi connectivity index (χ4n) is 2.64. The smallest absolute Gasteiger partial charge is 0.260 e. The third-order valence-electron chi connectivity index (χ3n) is 3.98. The van der Waals surface area contributed by atoms with Gasteiger partial charge in [-0.2, -0.15) is 0 Å². The lowest BCUT2D eigenvalue weighted by molar-refractivity contribution is -0.126. The molecule has 3 aromatic heterocycles. The number of nitrogens with one attached hydrogen (secondary N) is 1. The van der Waals surface area contributed by atoms with Gasteiger partial charge >= 0.3 is 0 Å². The summed E-state index contributed by atoms with van der Waals surface area (Å²) >= 11 is 3.00. The molecule has 0 unspecified atom stereocenters. The zero-order chi connectivity index (χ0) is 17.9. The van der Waals surface area contributed by atoms with E-state index in [1.54, 1.807) is 28.4 Å². The van der Waals surface area contributed by atoms with Gasteiger partial charge in [0.05, 0.1) is 24.1 Å². The van der Waals surface area contributed by atoms with E-state index >= 15 is 0 Å². The van der Waals surface area contributed by atoms with Crippen LogP contribution < -0.4 is 5.32 Å². The maximum atomic E-state index is 12.4. The second-order valence-corrected chi connectivity index (χ2v) is 7.78. The van der Waals surface area contributed by atoms with Crippen LogP contribution in [-0.2, 0) is 17.8 Å². The Morgan fingerprint density at radius 1 is 1.35 bits per heavy atom. The number of thiophene rings is 1. The molecule has 4 heterocycles. The largest absolute Gasteiger partial charge is 0.472 e. The first-order valence-corrected chi connectivity index (χ1v) is 9.71. The molecule has 0 fully saturated rings. The van der Waals surface area contributed by atoms with Crippen molar-refractivity contribution in [2.75, 3.05) is 11.9 Å². The van der Waals surface area contributed by atoms with Crippen molar-refractivity contribution in [3.05, 3.63) is 63.2 Å². The summed E-state index contributed by atoms with van der Waals surface area (Å²) in [7, 11) is 0. The first-order chi connectivity index (χ1) is 12.7. The van der Waals surface area contributed by atoms with Gasteiger partial charge in [0.1, 0.15) is 6.26 Å². The number of rotatable bonds is 4. The summed E-state index contributed by atoms with van der Waals surface area (Å²) in [6.07, 6.45) is 6.98. The third kappa shape index (κ3) is 3.61. The highest BCUT2D eigenvalue weighted by atomic mass is 32.1. The Morgan fingerprint density at radius 2 is 2.27 bits per heavy atom. The highest BCUT2D eigenvalue weighted by Crippen LogP contribution is 2.29. The molecule has 3 aromatic rings. The SMILES string of the molecule is O=C(Nc1nc2c(s1)CN(C(=O)C=Cc1cccs1)CC2)c1ccoc1. The maximum absolute atomic E-state index is 12.4. The van der Waals surface area contributed by atoms with Crippen LogP contribution in [-0.4, -0.2) is 28.2 Å². The predicted octanol–water partition coefficient (Wildman–Crippen LogP) is 3.65. The Morgan fingerprint density at radius 3 is 3.04 bits per heavy atom. The lowest BCUT2D eigenvalue weighted by Gasteiger charge is -2.24. The zero-order valence-corrected chi connectivity index (χ0v) is 15.3. The van der Waals surface area contributed by atoms with E-state index in [9.17, 15) is 9.59 Å². The van der Waals surface area contributed by atoms with Gasteiger partial charge in [0.2, 0.25) is 5.91 Å². The fraction of sp³-hybridized carbons (Fsp3) is 0.167. The molecule has 8 heteroatoms. The summed E-state index contributed by atoms with van der Waals surface area (Å²) in [4.78, 5) is 32.8. The van der Waals surface area contributed by atoms with Crippen molar-refractivity contribution in [2.24, 2.45) is 0 Å². The van der Waals surface area contributed by atoms with Gasteiger partial charge in [-0.1, -0.05) is 17.4 Å². The third-order valence-corrected chi connectivity index (χ3v) is 5.82. The molecule has 0 aliphatic carbocycles. The van der Waals surface area contributed by atoms with Gasteiger partial charge in [0.15, 0.2) is 5.13 Å². The summed E-state index contributed by atoms with van der Waals surface area (Å²) in [5.74, 6) is -0.266. The molecule has 26 heavy (non-hydrogen) atoms. The van der Waals surface area contributed by atoms with E-state index < -0.39 is 0 Å². The lowest BCUT2D eigenvalue weighted by Crippen LogP contribution is -2.34. The van der Waals surface area contributed by atoms with Gasteiger partial charge in [-0.15, -0.1) is 11.3 Å². The Kier molecular flexibility index (Phi) is 4.68. The van der Waals surface area contributed by atoms with Gasteiger partial charge in [0, 0.05) is 28.8 Å². The summed E-state index contributed by atoms with van der Waals surface area (Å²) in [6, 6.07) is 5.53. The van der Waals surface area contributed by atoms with E-state index in [0.29, 0.717) is 30.2 Å². The average molecular weight is 385 g/mol. The van der Waals surface area contributed by atoms with Crippen LogP contribution in [0.25, 0.3) is 6.08 Å². The van der Waals surface area contributed by atoms with Crippen LogP contribution in [0, 0.1) is 0 Å². The first kappa shape index (κ1) is 16.7. The number of furan rings is 1. The summed E-state index contributed by atoms with van der Waals surface area (Å²) in [6.45, 7) is 1.14. The fourth-order valence-corrected chi connectivity index (χ4v) is 4.28. The van der Waals surface area contributed by atoms with E-state index in [0.717, 1.165) is 15.4 Å². The minimum absolute atomic E-state index is 0.0126. The van der Waals surface area contributed by atoms with Crippen LogP contribution in [0.3, 0.4) is 0 Å². The molecule has 0 bridgehead atoms. The van der Waals surface area contributed by atoms with Crippen molar-refractivity contribution < 1.29 is 14.0 Å². The Hall–Kier alpha value is -2.71. The number of hydrogen-bond donors (Lipinski definition) is 1. The van der Waals surface area contributed by atoms with Crippen LogP contribution in [0.1, 0.15) is 25.8 Å². The van der Waals surface area contributed by atoms with Crippen molar-refractivity contribution in [1.82, 2.24) is 9.88 Å². The van der Waals surface area contributed by atoms with Crippen LogP contribution in [0.4, 0.5) is 5.13 Å². The van der Waals surface area contributed by atoms with Crippen LogP contribution in [0.2, 0.25) is 0 Å². The number of carbonyl (C=O) groups excluding carboxylic acids is 2. The molecule has 4 rings (SSSR count). The highest BCUT2D eigenvalue weighted by molar-refractivity contribution is 7.15. The summed E-state index contributed by atoms with van der Waals surface area (Å²) in [5.41, 5.74) is 1.40. The molecule has 0 atom stereocenters. The molecule has 1 aliphatic heterocycles. The van der Waals surface area contributed by atoms with E-state index in [1.807, 2.05) is 23.6 Å². The van der Waals surface area contributed by atoms with Gasteiger partial charge in [0.25, 0.3) is 5.91 Å². The monoisotopic (exact) mass is 385 g/mol. The minimum Gasteiger partial charge on any atom is -0.472 e. The molecular weight excluding hydrogens is 370 g/mol. The molecular formula is C18H15N3O3S2. The van der Waals surface area contributed by atoms with Crippen molar-refractivity contribution >= 4 is 45.7 Å². The number of nitrogens with zero attached hydrogens (tertiary/aromatic N) is 2. The molecule has 6 nitrogen and oxygen atoms in total. The topological polar surface area (TPSA) is 75.4 Å². The van der Waals surface area contributed by atoms with E-state index in [2.05, 4.69) is 10.3 Å². The van der Waals surface area contributed by atoms with Crippen molar-refractivity contribution in [3.8, 4) is 0 Å². The molecule has 0 spiro atoms. The minimum atomic E-state index is -0.253. The van der Waals surface area contributed by atoms with E-state index in [1.165, 1.54) is 23.9 Å². The summed E-state index contributed by atoms with van der Waals surface area (Å²) in [5, 5.41) is 5.31. The molecule has 0 radical (unpaired) electrons. The van der Waals surface area contributed by atoms with Gasteiger partial charge < -0.3 is 9.32 Å². The number of aromatic nitrogens is 1. The van der Waals surface area contributed by atoms with Crippen LogP contribution in [0.15, 0.2) is 46.6 Å². The van der Waals surface area contributed by atoms with Crippen LogP contribution in [0.5, 0.6) is 0 Å². The average Bonchev–Trinajstić information content (AvgIpc) is 3.39. The number of hydrogen-bond acceptors (Lipinski definition) is 6. The maximum Gasteiger partial charge on any atom is 0.260 e. The lowest BCUT2D eigenvalue weighted by atomic mass is 10.2. The van der Waals surface area contributed by atoms with E-state index in [4.69, 9.17) is 4.42 Å². The van der Waals surface area contributed by atoms with Crippen molar-refractivity contribution in [2.45, 2.75) is 13.0 Å². The van der Waals surface area contributed by atoms with Crippen molar-refractivity contribution in [3.63, 3.8) is 0 Å². The molecule has 132 valence electrons. The molecule has 1 aliphatic rings. The zero-order valence-electron chi connectivity index (χ0n) is 13.7. The second kappa shape index (κ2) is 7.27. The molecule has 0 aromatic carbocycles. The summed E-state index contributed by atoms with van der Waals surface area (Å²) < 4.78 is 4.92. The molecule has 1 N–H and O–H groups in total.